The van der Waals surface area contributed by atoms with Crippen molar-refractivity contribution >= 4 is 16.7 Å². The Hall–Kier alpha value is -2.14. The van der Waals surface area contributed by atoms with Crippen molar-refractivity contribution in [3.8, 4) is 0 Å². The zero-order chi connectivity index (χ0) is 15.3. The topological polar surface area (TPSA) is 83.5 Å². The molecule has 1 aromatic heterocycles. The number of hydrogen-bond donors (Lipinski definition) is 3. The molecule has 2 rings (SSSR count). The molecule has 1 aromatic carbocycles. The SMILES string of the molecule is CC(C)(CCNCc1cccc2cccnc12)/C(N)=N/O. The highest BCUT2D eigenvalue weighted by molar-refractivity contribution is 5.85. The molecule has 0 aliphatic rings. The third-order valence-electron chi connectivity index (χ3n) is 3.76. The summed E-state index contributed by atoms with van der Waals surface area (Å²) in [7, 11) is 0. The number of fused-ring (bicyclic) bond motifs is 1. The Kier molecular flexibility index (Phi) is 4.75. The summed E-state index contributed by atoms with van der Waals surface area (Å²) in [6.45, 7) is 5.46. The number of nitrogens with two attached hydrogens (primary N) is 1. The van der Waals surface area contributed by atoms with E-state index in [1.807, 2.05) is 32.2 Å². The average molecular weight is 286 g/mol. The van der Waals surface area contributed by atoms with Gasteiger partial charge in [0, 0.05) is 23.5 Å². The Morgan fingerprint density at radius 3 is 2.86 bits per heavy atom. The van der Waals surface area contributed by atoms with Gasteiger partial charge in [-0.1, -0.05) is 43.3 Å². The van der Waals surface area contributed by atoms with E-state index in [2.05, 4.69) is 33.7 Å². The Balaban J connectivity index is 1.94. The van der Waals surface area contributed by atoms with Crippen LogP contribution < -0.4 is 11.1 Å². The van der Waals surface area contributed by atoms with E-state index >= 15 is 0 Å². The Morgan fingerprint density at radius 1 is 1.33 bits per heavy atom. The monoisotopic (exact) mass is 286 g/mol. The maximum absolute atomic E-state index is 8.76. The lowest BCUT2D eigenvalue weighted by Gasteiger charge is -2.22. The molecule has 0 atom stereocenters. The van der Waals surface area contributed by atoms with Gasteiger partial charge in [0.25, 0.3) is 0 Å². The molecule has 0 fully saturated rings. The summed E-state index contributed by atoms with van der Waals surface area (Å²) < 4.78 is 0. The second kappa shape index (κ2) is 6.54. The van der Waals surface area contributed by atoms with Gasteiger partial charge in [-0.3, -0.25) is 4.98 Å². The van der Waals surface area contributed by atoms with Gasteiger partial charge in [0.15, 0.2) is 0 Å². The van der Waals surface area contributed by atoms with Gasteiger partial charge in [-0.25, -0.2) is 0 Å². The first-order valence-electron chi connectivity index (χ1n) is 7.06. The second-order valence-electron chi connectivity index (χ2n) is 5.79. The number of aromatic nitrogens is 1. The van der Waals surface area contributed by atoms with Crippen molar-refractivity contribution in [3.05, 3.63) is 42.1 Å². The molecule has 21 heavy (non-hydrogen) atoms. The molecule has 0 aliphatic carbocycles. The molecular formula is C16H22N4O. The van der Waals surface area contributed by atoms with Gasteiger partial charge in [0.1, 0.15) is 5.84 Å². The van der Waals surface area contributed by atoms with Crippen molar-refractivity contribution in [2.45, 2.75) is 26.8 Å². The van der Waals surface area contributed by atoms with Crippen molar-refractivity contribution < 1.29 is 5.21 Å². The fraction of sp³-hybridized carbons (Fsp3) is 0.375. The molecule has 0 saturated carbocycles. The van der Waals surface area contributed by atoms with E-state index in [-0.39, 0.29) is 11.3 Å². The van der Waals surface area contributed by atoms with E-state index in [1.54, 1.807) is 0 Å². The normalized spacial score (nSPS) is 12.8. The molecule has 5 nitrogen and oxygen atoms in total. The minimum Gasteiger partial charge on any atom is -0.409 e. The van der Waals surface area contributed by atoms with Gasteiger partial charge in [0.05, 0.1) is 5.52 Å². The molecule has 0 amide bonds. The van der Waals surface area contributed by atoms with E-state index < -0.39 is 0 Å². The van der Waals surface area contributed by atoms with E-state index in [9.17, 15) is 0 Å². The van der Waals surface area contributed by atoms with Crippen molar-refractivity contribution in [1.29, 1.82) is 0 Å². The Morgan fingerprint density at radius 2 is 2.10 bits per heavy atom. The molecule has 0 aliphatic heterocycles. The molecule has 0 saturated heterocycles. The van der Waals surface area contributed by atoms with E-state index in [0.29, 0.717) is 0 Å². The molecule has 2 aromatic rings. The number of rotatable bonds is 6. The summed E-state index contributed by atoms with van der Waals surface area (Å²) in [6.07, 6.45) is 2.61. The molecule has 0 spiro atoms. The number of benzene rings is 1. The van der Waals surface area contributed by atoms with Crippen molar-refractivity contribution in [2.24, 2.45) is 16.3 Å². The first-order chi connectivity index (χ1) is 10.0. The van der Waals surface area contributed by atoms with Crippen LogP contribution in [-0.2, 0) is 6.54 Å². The maximum atomic E-state index is 8.76. The number of para-hydroxylation sites is 1. The lowest BCUT2D eigenvalue weighted by Crippen LogP contribution is -2.34. The van der Waals surface area contributed by atoms with Crippen molar-refractivity contribution in [2.75, 3.05) is 6.54 Å². The number of hydrogen-bond acceptors (Lipinski definition) is 4. The highest BCUT2D eigenvalue weighted by Gasteiger charge is 2.22. The molecular weight excluding hydrogens is 264 g/mol. The van der Waals surface area contributed by atoms with Crippen LogP contribution in [0, 0.1) is 5.41 Å². The van der Waals surface area contributed by atoms with Gasteiger partial charge in [0.2, 0.25) is 0 Å². The number of oxime groups is 1. The second-order valence-corrected chi connectivity index (χ2v) is 5.79. The highest BCUT2D eigenvalue weighted by atomic mass is 16.4. The fourth-order valence-corrected chi connectivity index (χ4v) is 2.20. The van der Waals surface area contributed by atoms with Crippen molar-refractivity contribution in [1.82, 2.24) is 10.3 Å². The highest BCUT2D eigenvalue weighted by Crippen LogP contribution is 2.20. The van der Waals surface area contributed by atoms with Crippen LogP contribution in [0.1, 0.15) is 25.8 Å². The molecule has 112 valence electrons. The van der Waals surface area contributed by atoms with Crippen LogP contribution in [0.25, 0.3) is 10.9 Å². The molecule has 5 heteroatoms. The van der Waals surface area contributed by atoms with Crippen LogP contribution in [0.3, 0.4) is 0 Å². The predicted octanol–water partition coefficient (Wildman–Crippen LogP) is 2.49. The molecule has 4 N–H and O–H groups in total. The third kappa shape index (κ3) is 3.70. The van der Waals surface area contributed by atoms with Gasteiger partial charge in [-0.2, -0.15) is 0 Å². The average Bonchev–Trinajstić information content (AvgIpc) is 2.50. The van der Waals surface area contributed by atoms with E-state index in [0.717, 1.165) is 30.4 Å². The first kappa shape index (κ1) is 15.3. The summed E-state index contributed by atoms with van der Waals surface area (Å²) in [5, 5.41) is 16.4. The predicted molar refractivity (Wildman–Crippen MR) is 85.3 cm³/mol. The zero-order valence-electron chi connectivity index (χ0n) is 12.5. The van der Waals surface area contributed by atoms with Gasteiger partial charge >= 0.3 is 0 Å². The van der Waals surface area contributed by atoms with Gasteiger partial charge in [-0.05, 0) is 24.6 Å². The van der Waals surface area contributed by atoms with Crippen molar-refractivity contribution in [3.63, 3.8) is 0 Å². The summed E-state index contributed by atoms with van der Waals surface area (Å²) in [4.78, 5) is 4.44. The number of nitrogens with zero attached hydrogens (tertiary/aromatic N) is 2. The van der Waals surface area contributed by atoms with Crippen LogP contribution in [0.2, 0.25) is 0 Å². The number of pyridine rings is 1. The molecule has 0 unspecified atom stereocenters. The molecule has 1 heterocycles. The maximum Gasteiger partial charge on any atom is 0.144 e. The summed E-state index contributed by atoms with van der Waals surface area (Å²) in [5.41, 5.74) is 7.57. The third-order valence-corrected chi connectivity index (χ3v) is 3.76. The van der Waals surface area contributed by atoms with Gasteiger partial charge in [-0.15, -0.1) is 0 Å². The van der Waals surface area contributed by atoms with Crippen LogP contribution in [0.4, 0.5) is 0 Å². The quantitative estimate of drug-likeness (QED) is 0.250. The molecule has 0 bridgehead atoms. The summed E-state index contributed by atoms with van der Waals surface area (Å²) in [6, 6.07) is 10.2. The minimum absolute atomic E-state index is 0.260. The number of amidine groups is 1. The largest absolute Gasteiger partial charge is 0.409 e. The smallest absolute Gasteiger partial charge is 0.144 e. The summed E-state index contributed by atoms with van der Waals surface area (Å²) >= 11 is 0. The molecule has 0 radical (unpaired) electrons. The fourth-order valence-electron chi connectivity index (χ4n) is 2.20. The van der Waals surface area contributed by atoms with Crippen LogP contribution in [0.5, 0.6) is 0 Å². The Bertz CT molecular complexity index is 632. The first-order valence-corrected chi connectivity index (χ1v) is 7.06. The van der Waals surface area contributed by atoms with E-state index in [1.165, 1.54) is 5.56 Å². The lowest BCUT2D eigenvalue weighted by molar-refractivity contribution is 0.305. The zero-order valence-corrected chi connectivity index (χ0v) is 12.5. The minimum atomic E-state index is -0.321. The lowest BCUT2D eigenvalue weighted by atomic mass is 9.88. The van der Waals surface area contributed by atoms with Crippen LogP contribution >= 0.6 is 0 Å². The standard InChI is InChI=1S/C16H22N4O/c1-16(2,15(17)20-21)8-10-18-11-13-6-3-5-12-7-4-9-19-14(12)13/h3-7,9,18,21H,8,10-11H2,1-2H3,(H2,17,20). The van der Waals surface area contributed by atoms with Crippen LogP contribution in [-0.4, -0.2) is 22.6 Å². The van der Waals surface area contributed by atoms with E-state index in [4.69, 9.17) is 10.9 Å². The van der Waals surface area contributed by atoms with Crippen LogP contribution in [0.15, 0.2) is 41.7 Å². The summed E-state index contributed by atoms with van der Waals surface area (Å²) in [5.74, 6) is 0.260. The van der Waals surface area contributed by atoms with Gasteiger partial charge < -0.3 is 16.3 Å². The number of nitrogens with one attached hydrogen (secondary N) is 1. The Labute approximate surface area is 124 Å².